The van der Waals surface area contributed by atoms with Crippen LogP contribution in [-0.2, 0) is 0 Å². The zero-order valence-corrected chi connectivity index (χ0v) is 11.4. The van der Waals surface area contributed by atoms with E-state index in [4.69, 9.17) is 0 Å². The molecular weight excluding hydrogens is 222 g/mol. The molecule has 0 aliphatic rings. The number of para-hydroxylation sites is 1. The number of aryl methyl sites for hydroxylation is 1. The topological polar surface area (TPSA) is 33.1 Å². The minimum atomic E-state index is -0.390. The monoisotopic (exact) mass is 243 g/mol. The minimum absolute atomic E-state index is 0.390. The molecule has 1 unspecified atom stereocenters. The average molecular weight is 243 g/mol. The van der Waals surface area contributed by atoms with E-state index in [2.05, 4.69) is 18.8 Å². The fourth-order valence-electron chi connectivity index (χ4n) is 2.26. The molecule has 0 fully saturated rings. The molecule has 2 aromatic rings. The summed E-state index contributed by atoms with van der Waals surface area (Å²) in [7, 11) is 0. The first-order valence-corrected chi connectivity index (χ1v) is 6.62. The summed E-state index contributed by atoms with van der Waals surface area (Å²) in [6, 6.07) is 10.0. The number of rotatable bonds is 4. The first-order chi connectivity index (χ1) is 8.58. The zero-order valence-electron chi connectivity index (χ0n) is 11.4. The van der Waals surface area contributed by atoms with Crippen LogP contribution in [0.1, 0.15) is 44.1 Å². The van der Waals surface area contributed by atoms with Crippen molar-refractivity contribution in [3.63, 3.8) is 0 Å². The van der Waals surface area contributed by atoms with Crippen LogP contribution in [0.2, 0.25) is 0 Å². The summed E-state index contributed by atoms with van der Waals surface area (Å²) < 4.78 is 0. The number of aliphatic hydroxyl groups is 1. The fourth-order valence-corrected chi connectivity index (χ4v) is 2.26. The highest BCUT2D eigenvalue weighted by atomic mass is 16.3. The van der Waals surface area contributed by atoms with E-state index in [9.17, 15) is 5.11 Å². The third kappa shape index (κ3) is 2.88. The van der Waals surface area contributed by atoms with Crippen molar-refractivity contribution in [1.82, 2.24) is 4.98 Å². The Morgan fingerprint density at radius 2 is 1.89 bits per heavy atom. The largest absolute Gasteiger partial charge is 0.388 e. The van der Waals surface area contributed by atoms with Gasteiger partial charge in [-0.3, -0.25) is 4.98 Å². The van der Waals surface area contributed by atoms with Gasteiger partial charge in [0.15, 0.2) is 0 Å². The molecule has 0 aliphatic carbocycles. The Bertz CT molecular complexity index is 534. The quantitative estimate of drug-likeness (QED) is 0.880. The van der Waals surface area contributed by atoms with Gasteiger partial charge < -0.3 is 5.11 Å². The van der Waals surface area contributed by atoms with Crippen molar-refractivity contribution in [2.45, 2.75) is 39.7 Å². The van der Waals surface area contributed by atoms with Crippen LogP contribution in [0.5, 0.6) is 0 Å². The van der Waals surface area contributed by atoms with Gasteiger partial charge in [-0.2, -0.15) is 0 Å². The second kappa shape index (κ2) is 5.49. The van der Waals surface area contributed by atoms with Crippen molar-refractivity contribution in [2.24, 2.45) is 5.92 Å². The number of nitrogens with zero attached hydrogens (tertiary/aromatic N) is 1. The molecule has 0 saturated heterocycles. The van der Waals surface area contributed by atoms with E-state index in [1.165, 1.54) is 0 Å². The van der Waals surface area contributed by atoms with Crippen LogP contribution in [0, 0.1) is 12.8 Å². The SMILES string of the molecule is Cc1cc(C(O)CCC(C)C)c2ccccc2n1. The zero-order chi connectivity index (χ0) is 13.1. The van der Waals surface area contributed by atoms with Crippen LogP contribution in [0.4, 0.5) is 0 Å². The number of hydrogen-bond acceptors (Lipinski definition) is 2. The number of benzene rings is 1. The molecule has 2 heteroatoms. The van der Waals surface area contributed by atoms with Gasteiger partial charge in [0.05, 0.1) is 11.6 Å². The normalized spacial score (nSPS) is 13.2. The van der Waals surface area contributed by atoms with Crippen LogP contribution < -0.4 is 0 Å². The van der Waals surface area contributed by atoms with Gasteiger partial charge in [-0.1, -0.05) is 32.0 Å². The molecule has 1 N–H and O–H groups in total. The predicted molar refractivity (Wildman–Crippen MR) is 75.5 cm³/mol. The van der Waals surface area contributed by atoms with Gasteiger partial charge in [0.1, 0.15) is 0 Å². The van der Waals surface area contributed by atoms with E-state index in [-0.39, 0.29) is 6.10 Å². The van der Waals surface area contributed by atoms with Crippen molar-refractivity contribution in [1.29, 1.82) is 0 Å². The average Bonchev–Trinajstić information content (AvgIpc) is 2.34. The lowest BCUT2D eigenvalue weighted by Crippen LogP contribution is -2.02. The number of hydrogen-bond donors (Lipinski definition) is 1. The molecule has 2 rings (SSSR count). The summed E-state index contributed by atoms with van der Waals surface area (Å²) in [6.45, 7) is 6.34. The standard InChI is InChI=1S/C16H21NO/c1-11(2)8-9-16(18)14-10-12(3)17-15-7-5-4-6-13(14)15/h4-7,10-11,16,18H,8-9H2,1-3H3. The maximum absolute atomic E-state index is 10.4. The Kier molecular flexibility index (Phi) is 3.97. The first-order valence-electron chi connectivity index (χ1n) is 6.62. The second-order valence-electron chi connectivity index (χ2n) is 5.36. The number of pyridine rings is 1. The first kappa shape index (κ1) is 13.0. The van der Waals surface area contributed by atoms with Gasteiger partial charge in [0.2, 0.25) is 0 Å². The van der Waals surface area contributed by atoms with Crippen molar-refractivity contribution in [3.8, 4) is 0 Å². The molecule has 1 heterocycles. The number of aromatic nitrogens is 1. The van der Waals surface area contributed by atoms with E-state index in [1.807, 2.05) is 37.3 Å². The Morgan fingerprint density at radius 3 is 2.61 bits per heavy atom. The Hall–Kier alpha value is -1.41. The third-order valence-electron chi connectivity index (χ3n) is 3.25. The second-order valence-corrected chi connectivity index (χ2v) is 5.36. The lowest BCUT2D eigenvalue weighted by atomic mass is 9.97. The van der Waals surface area contributed by atoms with Crippen molar-refractivity contribution in [2.75, 3.05) is 0 Å². The molecule has 0 amide bonds. The van der Waals surface area contributed by atoms with Gasteiger partial charge in [-0.25, -0.2) is 0 Å². The van der Waals surface area contributed by atoms with Gasteiger partial charge in [0.25, 0.3) is 0 Å². The molecule has 96 valence electrons. The smallest absolute Gasteiger partial charge is 0.0797 e. The summed E-state index contributed by atoms with van der Waals surface area (Å²) in [5.74, 6) is 0.619. The van der Waals surface area contributed by atoms with Crippen LogP contribution in [0.15, 0.2) is 30.3 Å². The maximum atomic E-state index is 10.4. The van der Waals surface area contributed by atoms with Crippen LogP contribution in [-0.4, -0.2) is 10.1 Å². The molecule has 1 atom stereocenters. The molecule has 0 radical (unpaired) electrons. The Balaban J connectivity index is 2.36. The van der Waals surface area contributed by atoms with Gasteiger partial charge in [-0.05, 0) is 43.4 Å². The highest BCUT2D eigenvalue weighted by Gasteiger charge is 2.13. The molecule has 0 saturated carbocycles. The van der Waals surface area contributed by atoms with Gasteiger partial charge in [-0.15, -0.1) is 0 Å². The highest BCUT2D eigenvalue weighted by Crippen LogP contribution is 2.27. The lowest BCUT2D eigenvalue weighted by Gasteiger charge is -2.15. The van der Waals surface area contributed by atoms with E-state index in [0.717, 1.165) is 35.0 Å². The summed E-state index contributed by atoms with van der Waals surface area (Å²) in [5, 5.41) is 11.4. The molecule has 1 aromatic carbocycles. The number of fused-ring (bicyclic) bond motifs is 1. The lowest BCUT2D eigenvalue weighted by molar-refractivity contribution is 0.160. The van der Waals surface area contributed by atoms with Gasteiger partial charge >= 0.3 is 0 Å². The van der Waals surface area contributed by atoms with E-state index >= 15 is 0 Å². The summed E-state index contributed by atoms with van der Waals surface area (Å²) >= 11 is 0. The highest BCUT2D eigenvalue weighted by molar-refractivity contribution is 5.82. The predicted octanol–water partition coefficient (Wildman–Crippen LogP) is 4.01. The van der Waals surface area contributed by atoms with Crippen molar-refractivity contribution in [3.05, 3.63) is 41.6 Å². The summed E-state index contributed by atoms with van der Waals surface area (Å²) in [5.41, 5.74) is 2.95. The molecule has 1 aromatic heterocycles. The Morgan fingerprint density at radius 1 is 1.17 bits per heavy atom. The molecular formula is C16H21NO. The van der Waals surface area contributed by atoms with Gasteiger partial charge in [0, 0.05) is 11.1 Å². The summed E-state index contributed by atoms with van der Waals surface area (Å²) in [4.78, 5) is 4.50. The van der Waals surface area contributed by atoms with E-state index < -0.39 is 0 Å². The third-order valence-corrected chi connectivity index (χ3v) is 3.25. The minimum Gasteiger partial charge on any atom is -0.388 e. The molecule has 0 spiro atoms. The summed E-state index contributed by atoms with van der Waals surface area (Å²) in [6.07, 6.45) is 1.46. The maximum Gasteiger partial charge on any atom is 0.0797 e. The number of aliphatic hydroxyl groups excluding tert-OH is 1. The van der Waals surface area contributed by atoms with Crippen LogP contribution >= 0.6 is 0 Å². The molecule has 0 bridgehead atoms. The van der Waals surface area contributed by atoms with Crippen LogP contribution in [0.25, 0.3) is 10.9 Å². The van der Waals surface area contributed by atoms with Crippen molar-refractivity contribution < 1.29 is 5.11 Å². The fraction of sp³-hybridized carbons (Fsp3) is 0.438. The van der Waals surface area contributed by atoms with Crippen molar-refractivity contribution >= 4 is 10.9 Å². The molecule has 18 heavy (non-hydrogen) atoms. The molecule has 0 aliphatic heterocycles. The molecule has 2 nitrogen and oxygen atoms in total. The van der Waals surface area contributed by atoms with E-state index in [0.29, 0.717) is 5.92 Å². The van der Waals surface area contributed by atoms with Crippen LogP contribution in [0.3, 0.4) is 0 Å². The Labute approximate surface area is 109 Å². The van der Waals surface area contributed by atoms with E-state index in [1.54, 1.807) is 0 Å².